The quantitative estimate of drug-likeness (QED) is 0.591. The summed E-state index contributed by atoms with van der Waals surface area (Å²) >= 11 is 0. The van der Waals surface area contributed by atoms with Gasteiger partial charge in [-0.05, 0) is 43.1 Å². The molecule has 5 rings (SSSR count). The minimum absolute atomic E-state index is 0.687. The third-order valence-corrected chi connectivity index (χ3v) is 12.1. The van der Waals surface area contributed by atoms with E-state index in [4.69, 9.17) is 0 Å². The molecule has 0 saturated heterocycles. The maximum atomic E-state index is 14.8. The smallest absolute Gasteiger partial charge is 0.211 e. The Balaban J connectivity index is 1.96. The van der Waals surface area contributed by atoms with E-state index in [9.17, 15) is 9.13 Å². The summed E-state index contributed by atoms with van der Waals surface area (Å²) in [6.07, 6.45) is 0. The number of fused-ring (bicyclic) bond motifs is 4. The number of anilines is 3. The molecular formula is C23H24N2O2P2. The Kier molecular flexibility index (Phi) is 4.19. The predicted molar refractivity (Wildman–Crippen MR) is 124 cm³/mol. The molecule has 0 radical (unpaired) electrons. The molecule has 0 amide bonds. The maximum absolute atomic E-state index is 14.8. The first kappa shape index (κ1) is 18.9. The molecule has 2 atom stereocenters. The van der Waals surface area contributed by atoms with Crippen molar-refractivity contribution in [2.24, 2.45) is 0 Å². The molecular weight excluding hydrogens is 398 g/mol. The molecule has 0 spiro atoms. The van der Waals surface area contributed by atoms with E-state index in [1.165, 1.54) is 0 Å². The molecule has 0 fully saturated rings. The number of para-hydroxylation sites is 3. The summed E-state index contributed by atoms with van der Waals surface area (Å²) < 4.78 is 30.9. The van der Waals surface area contributed by atoms with Crippen molar-refractivity contribution >= 4 is 52.7 Å². The van der Waals surface area contributed by atoms with E-state index in [-0.39, 0.29) is 0 Å². The van der Waals surface area contributed by atoms with Crippen LogP contribution >= 0.6 is 14.4 Å². The molecule has 2 aliphatic heterocycles. The van der Waals surface area contributed by atoms with E-state index in [0.29, 0.717) is 13.1 Å². The van der Waals surface area contributed by atoms with E-state index in [2.05, 4.69) is 9.57 Å². The Labute approximate surface area is 172 Å². The van der Waals surface area contributed by atoms with Crippen molar-refractivity contribution in [3.8, 4) is 0 Å². The van der Waals surface area contributed by atoms with Gasteiger partial charge in [-0.25, -0.2) is 4.67 Å². The van der Waals surface area contributed by atoms with E-state index >= 15 is 0 Å². The second-order valence-corrected chi connectivity index (χ2v) is 13.1. The van der Waals surface area contributed by atoms with Gasteiger partial charge in [0, 0.05) is 23.7 Å². The van der Waals surface area contributed by atoms with Crippen molar-refractivity contribution in [3.05, 3.63) is 66.7 Å². The Morgan fingerprint density at radius 3 is 1.90 bits per heavy atom. The summed E-state index contributed by atoms with van der Waals surface area (Å²) in [6.45, 7) is 7.31. The first-order valence-electron chi connectivity index (χ1n) is 10.0. The van der Waals surface area contributed by atoms with Gasteiger partial charge in [-0.1, -0.05) is 44.2 Å². The van der Waals surface area contributed by atoms with E-state index in [1.54, 1.807) is 0 Å². The lowest BCUT2D eigenvalue weighted by Gasteiger charge is -2.45. The lowest BCUT2D eigenvalue weighted by molar-refractivity contribution is 0.458. The second-order valence-electron chi connectivity index (χ2n) is 7.60. The highest BCUT2D eigenvalue weighted by molar-refractivity contribution is 7.80. The summed E-state index contributed by atoms with van der Waals surface area (Å²) in [6, 6.07) is 21.7. The first-order chi connectivity index (χ1) is 14.0. The molecule has 2 aliphatic rings. The van der Waals surface area contributed by atoms with Crippen LogP contribution in [0, 0.1) is 0 Å². The maximum Gasteiger partial charge on any atom is 0.211 e. The minimum Gasteiger partial charge on any atom is -0.314 e. The van der Waals surface area contributed by atoms with Crippen molar-refractivity contribution in [2.75, 3.05) is 24.7 Å². The van der Waals surface area contributed by atoms with Crippen LogP contribution in [0.4, 0.5) is 17.1 Å². The highest BCUT2D eigenvalue weighted by Gasteiger charge is 2.48. The molecule has 2 heterocycles. The number of benzene rings is 3. The molecule has 3 aromatic rings. The zero-order chi connectivity index (χ0) is 20.4. The highest BCUT2D eigenvalue weighted by Crippen LogP contribution is 2.60. The van der Waals surface area contributed by atoms with Crippen LogP contribution in [0.3, 0.4) is 0 Å². The zero-order valence-corrected chi connectivity index (χ0v) is 18.7. The van der Waals surface area contributed by atoms with Gasteiger partial charge in [0.25, 0.3) is 0 Å². The first-order valence-corrected chi connectivity index (χ1v) is 13.8. The lowest BCUT2D eigenvalue weighted by Crippen LogP contribution is -2.45. The molecule has 4 nitrogen and oxygen atoms in total. The average Bonchev–Trinajstić information content (AvgIpc) is 2.74. The van der Waals surface area contributed by atoms with Gasteiger partial charge in [-0.15, -0.1) is 0 Å². The van der Waals surface area contributed by atoms with E-state index in [1.807, 2.05) is 87.2 Å². The van der Waals surface area contributed by atoms with Crippen LogP contribution in [0.5, 0.6) is 0 Å². The van der Waals surface area contributed by atoms with Gasteiger partial charge in [-0.2, -0.15) is 0 Å². The molecule has 0 bridgehead atoms. The van der Waals surface area contributed by atoms with Crippen LogP contribution in [0.25, 0.3) is 0 Å². The standard InChI is InChI=1S/C23H24N2O2P2/c1-4-24(5-2)29(27)20-14-9-7-12-18(20)25-17-11-6-8-13-19(17)28(3,26)21-15-10-16-22(29)23(21)25/h6-16H,4-5H2,1-3H3. The number of nitrogens with zero attached hydrogens (tertiary/aromatic N) is 2. The largest absolute Gasteiger partial charge is 0.314 e. The normalized spacial score (nSPS) is 24.1. The van der Waals surface area contributed by atoms with Gasteiger partial charge in [-0.3, -0.25) is 4.57 Å². The van der Waals surface area contributed by atoms with Crippen LogP contribution in [0.1, 0.15) is 13.8 Å². The fourth-order valence-corrected chi connectivity index (χ4v) is 10.4. The monoisotopic (exact) mass is 422 g/mol. The average molecular weight is 422 g/mol. The Hall–Kier alpha value is -2.12. The summed E-state index contributed by atoms with van der Waals surface area (Å²) in [5.41, 5.74) is 2.71. The van der Waals surface area contributed by atoms with Gasteiger partial charge in [0.05, 0.1) is 27.7 Å². The fraction of sp³-hybridized carbons (Fsp3) is 0.217. The molecule has 0 aliphatic carbocycles. The Morgan fingerprint density at radius 2 is 1.24 bits per heavy atom. The van der Waals surface area contributed by atoms with Gasteiger partial charge in [0.2, 0.25) is 7.29 Å². The second kappa shape index (κ2) is 6.44. The topological polar surface area (TPSA) is 40.6 Å². The SMILES string of the molecule is CCN(CC)P1(=O)c2ccccc2N2c3ccccc3P(C)(=O)c3cccc1c32. The molecule has 148 valence electrons. The molecule has 3 aromatic carbocycles. The van der Waals surface area contributed by atoms with Crippen LogP contribution in [-0.2, 0) is 9.13 Å². The summed E-state index contributed by atoms with van der Waals surface area (Å²) in [5, 5.41) is 3.32. The van der Waals surface area contributed by atoms with Gasteiger partial charge in [0.1, 0.15) is 7.14 Å². The number of hydrogen-bond donors (Lipinski definition) is 0. The Morgan fingerprint density at radius 1 is 0.724 bits per heavy atom. The third kappa shape index (κ3) is 2.31. The van der Waals surface area contributed by atoms with Crippen LogP contribution in [0.15, 0.2) is 66.7 Å². The predicted octanol–water partition coefficient (Wildman–Crippen LogP) is 4.30. The van der Waals surface area contributed by atoms with Gasteiger partial charge >= 0.3 is 0 Å². The van der Waals surface area contributed by atoms with Crippen molar-refractivity contribution in [3.63, 3.8) is 0 Å². The summed E-state index contributed by atoms with van der Waals surface area (Å²) in [7, 11) is -5.85. The van der Waals surface area contributed by atoms with Crippen LogP contribution in [0.2, 0.25) is 0 Å². The van der Waals surface area contributed by atoms with Crippen molar-refractivity contribution < 1.29 is 9.13 Å². The van der Waals surface area contributed by atoms with E-state index in [0.717, 1.165) is 38.3 Å². The van der Waals surface area contributed by atoms with Crippen molar-refractivity contribution in [1.29, 1.82) is 0 Å². The molecule has 0 saturated carbocycles. The highest BCUT2D eigenvalue weighted by atomic mass is 31.2. The van der Waals surface area contributed by atoms with E-state index < -0.39 is 14.4 Å². The van der Waals surface area contributed by atoms with Gasteiger partial charge in [0.15, 0.2) is 0 Å². The molecule has 0 N–H and O–H groups in total. The molecule has 0 aromatic heterocycles. The fourth-order valence-electron chi connectivity index (χ4n) is 4.82. The third-order valence-electron chi connectivity index (χ3n) is 6.16. The molecule has 2 unspecified atom stereocenters. The number of hydrogen-bond acceptors (Lipinski definition) is 3. The van der Waals surface area contributed by atoms with Crippen molar-refractivity contribution in [1.82, 2.24) is 4.67 Å². The molecule has 29 heavy (non-hydrogen) atoms. The van der Waals surface area contributed by atoms with Crippen LogP contribution in [-0.4, -0.2) is 24.4 Å². The summed E-state index contributed by atoms with van der Waals surface area (Å²) in [5.74, 6) is 0. The van der Waals surface area contributed by atoms with Gasteiger partial charge < -0.3 is 9.46 Å². The minimum atomic E-state index is -3.04. The zero-order valence-electron chi connectivity index (χ0n) is 16.9. The van der Waals surface area contributed by atoms with Crippen molar-refractivity contribution in [2.45, 2.75) is 13.8 Å². The Bertz CT molecular complexity index is 1230. The number of rotatable bonds is 3. The lowest BCUT2D eigenvalue weighted by atomic mass is 10.1. The molecule has 6 heteroatoms. The van der Waals surface area contributed by atoms with Crippen LogP contribution < -0.4 is 26.1 Å². The summed E-state index contributed by atoms with van der Waals surface area (Å²) in [4.78, 5) is 2.18.